The maximum Gasteiger partial charge on any atom is 0.352 e. The third-order valence-corrected chi connectivity index (χ3v) is 9.87. The predicted molar refractivity (Wildman–Crippen MR) is 196 cm³/mol. The Labute approximate surface area is 307 Å². The number of aliphatic hydroxyl groups excluding tert-OH is 1. The number of anilines is 1. The standard InChI is InChI=1S/C41H43N3O9/c1-29-27-44(37(47)43-35(29)42-36(46)30-17-9-5-10-18-30)40(41(51-4,52-26-25-49-2)39(48,50-3)34(28-45)53-40)38(31-19-11-6-12-20-31,32-21-13-7-14-22-32)33-23-15-8-16-24-33/h5-24,27,34,45,48H,25-26,28H2,1-4H3,(H,42,43,46,47)/t34-,39+,40-,41-/m1/s1. The minimum absolute atomic E-state index is 0.00186. The largest absolute Gasteiger partial charge is 0.393 e. The lowest BCUT2D eigenvalue weighted by molar-refractivity contribution is -0.413. The first-order valence-corrected chi connectivity index (χ1v) is 17.1. The fraction of sp³-hybridized carbons (Fsp3) is 0.293. The molecule has 4 aromatic carbocycles. The molecule has 5 aromatic rings. The van der Waals surface area contributed by atoms with E-state index in [4.69, 9.17) is 23.7 Å². The number of aryl methyl sites for hydroxylation is 1. The summed E-state index contributed by atoms with van der Waals surface area (Å²) in [4.78, 5) is 32.7. The van der Waals surface area contributed by atoms with Gasteiger partial charge in [-0.05, 0) is 35.7 Å². The first-order valence-electron chi connectivity index (χ1n) is 17.1. The average Bonchev–Trinajstić information content (AvgIpc) is 3.43. The fourth-order valence-electron chi connectivity index (χ4n) is 7.61. The summed E-state index contributed by atoms with van der Waals surface area (Å²) in [6.07, 6.45) is -0.0989. The topological polar surface area (TPSA) is 151 Å². The van der Waals surface area contributed by atoms with Crippen molar-refractivity contribution in [2.24, 2.45) is 0 Å². The summed E-state index contributed by atoms with van der Waals surface area (Å²) < 4.78 is 32.7. The smallest absolute Gasteiger partial charge is 0.352 e. The van der Waals surface area contributed by atoms with E-state index in [0.717, 1.165) is 0 Å². The molecule has 4 atom stereocenters. The number of carbonyl (C=O) groups excluding carboxylic acids is 1. The quantitative estimate of drug-likeness (QED) is 0.0864. The van der Waals surface area contributed by atoms with Crippen LogP contribution in [-0.4, -0.2) is 84.5 Å². The van der Waals surface area contributed by atoms with Crippen LogP contribution in [0.4, 0.5) is 5.82 Å². The molecule has 1 fully saturated rings. The van der Waals surface area contributed by atoms with E-state index in [9.17, 15) is 19.8 Å². The first kappa shape index (κ1) is 37.7. The monoisotopic (exact) mass is 721 g/mol. The van der Waals surface area contributed by atoms with E-state index in [2.05, 4.69) is 10.3 Å². The normalized spacial score (nSPS) is 22.8. The Morgan fingerprint density at radius 2 is 1.34 bits per heavy atom. The van der Waals surface area contributed by atoms with Crippen LogP contribution in [-0.2, 0) is 34.8 Å². The van der Waals surface area contributed by atoms with Gasteiger partial charge in [0.2, 0.25) is 5.72 Å². The third-order valence-electron chi connectivity index (χ3n) is 9.87. The lowest BCUT2D eigenvalue weighted by atomic mass is 9.59. The first-order chi connectivity index (χ1) is 25.7. The van der Waals surface area contributed by atoms with Crippen LogP contribution in [0.5, 0.6) is 0 Å². The summed E-state index contributed by atoms with van der Waals surface area (Å²) in [7, 11) is 4.03. The van der Waals surface area contributed by atoms with E-state index in [1.807, 2.05) is 91.0 Å². The lowest BCUT2D eigenvalue weighted by Gasteiger charge is -2.56. The van der Waals surface area contributed by atoms with Crippen LogP contribution < -0.4 is 11.0 Å². The van der Waals surface area contributed by atoms with Crippen molar-refractivity contribution in [1.29, 1.82) is 0 Å². The van der Waals surface area contributed by atoms with Crippen LogP contribution in [0, 0.1) is 6.92 Å². The molecule has 1 amide bonds. The molecule has 1 saturated heterocycles. The molecule has 1 aromatic heterocycles. The molecule has 0 radical (unpaired) electrons. The van der Waals surface area contributed by atoms with Crippen molar-refractivity contribution < 1.29 is 38.7 Å². The minimum atomic E-state index is -2.58. The number of carbonyl (C=O) groups is 1. The zero-order valence-electron chi connectivity index (χ0n) is 30.0. The number of hydrogen-bond donors (Lipinski definition) is 3. The second kappa shape index (κ2) is 15.5. The molecule has 0 spiro atoms. The highest BCUT2D eigenvalue weighted by Crippen LogP contribution is 2.64. The minimum Gasteiger partial charge on any atom is -0.393 e. The molecular weight excluding hydrogens is 678 g/mol. The molecule has 1 aliphatic heterocycles. The van der Waals surface area contributed by atoms with Crippen molar-refractivity contribution in [3.63, 3.8) is 0 Å². The van der Waals surface area contributed by atoms with Crippen molar-refractivity contribution in [2.75, 3.05) is 46.5 Å². The second-order valence-corrected chi connectivity index (χ2v) is 12.6. The molecule has 12 heteroatoms. The van der Waals surface area contributed by atoms with Gasteiger partial charge in [0.15, 0.2) is 0 Å². The summed E-state index contributed by atoms with van der Waals surface area (Å²) in [6.45, 7) is 0.746. The maximum absolute atomic E-state index is 15.0. The van der Waals surface area contributed by atoms with Gasteiger partial charge in [-0.25, -0.2) is 4.79 Å². The number of nitrogens with zero attached hydrogens (tertiary/aromatic N) is 2. The highest BCUT2D eigenvalue weighted by atomic mass is 16.8. The van der Waals surface area contributed by atoms with Gasteiger partial charge in [-0.3, -0.25) is 9.36 Å². The zero-order chi connectivity index (χ0) is 37.7. The van der Waals surface area contributed by atoms with Gasteiger partial charge in [-0.15, -0.1) is 0 Å². The van der Waals surface area contributed by atoms with Crippen LogP contribution >= 0.6 is 0 Å². The van der Waals surface area contributed by atoms with Gasteiger partial charge in [0.05, 0.1) is 25.2 Å². The van der Waals surface area contributed by atoms with Gasteiger partial charge >= 0.3 is 5.69 Å². The molecular formula is C41H43N3O9. The Bertz CT molecular complexity index is 1950. The number of methoxy groups -OCH3 is 3. The number of aliphatic hydroxyl groups is 2. The van der Waals surface area contributed by atoms with E-state index in [1.165, 1.54) is 32.1 Å². The second-order valence-electron chi connectivity index (χ2n) is 12.6. The molecule has 0 saturated carbocycles. The zero-order valence-corrected chi connectivity index (χ0v) is 30.0. The molecule has 0 unspecified atom stereocenters. The number of rotatable bonds is 14. The highest BCUT2D eigenvalue weighted by Gasteiger charge is 2.84. The van der Waals surface area contributed by atoms with Crippen molar-refractivity contribution in [1.82, 2.24) is 9.55 Å². The number of nitrogens with one attached hydrogen (secondary N) is 1. The fourth-order valence-corrected chi connectivity index (χ4v) is 7.61. The van der Waals surface area contributed by atoms with E-state index in [0.29, 0.717) is 27.8 Å². The molecule has 2 heterocycles. The molecule has 0 bridgehead atoms. The average molecular weight is 722 g/mol. The van der Waals surface area contributed by atoms with Gasteiger partial charge in [0.1, 0.15) is 11.9 Å². The van der Waals surface area contributed by atoms with E-state index < -0.39 is 47.0 Å². The van der Waals surface area contributed by atoms with Crippen molar-refractivity contribution in [3.8, 4) is 0 Å². The summed E-state index contributed by atoms with van der Waals surface area (Å²) >= 11 is 0. The number of aromatic nitrogens is 2. The lowest BCUT2D eigenvalue weighted by Crippen LogP contribution is -2.75. The molecule has 3 N–H and O–H groups in total. The van der Waals surface area contributed by atoms with E-state index in [-0.39, 0.29) is 19.0 Å². The van der Waals surface area contributed by atoms with Crippen LogP contribution in [0.25, 0.3) is 0 Å². The Balaban J connectivity index is 1.81. The van der Waals surface area contributed by atoms with E-state index >= 15 is 0 Å². The molecule has 0 aliphatic carbocycles. The molecule has 12 nitrogen and oxygen atoms in total. The summed E-state index contributed by atoms with van der Waals surface area (Å²) in [5.41, 5.74) is -2.41. The van der Waals surface area contributed by atoms with Gasteiger partial charge in [0, 0.05) is 38.7 Å². The molecule has 276 valence electrons. The Morgan fingerprint density at radius 1 is 0.830 bits per heavy atom. The Kier molecular flexibility index (Phi) is 11.0. The summed E-state index contributed by atoms with van der Waals surface area (Å²) in [6, 6.07) is 36.4. The Hall–Kier alpha value is -5.05. The van der Waals surface area contributed by atoms with Crippen LogP contribution in [0.2, 0.25) is 0 Å². The molecule has 1 aliphatic rings. The maximum atomic E-state index is 15.0. The van der Waals surface area contributed by atoms with Crippen LogP contribution in [0.15, 0.2) is 132 Å². The van der Waals surface area contributed by atoms with Crippen LogP contribution in [0.3, 0.4) is 0 Å². The van der Waals surface area contributed by atoms with Gasteiger partial charge < -0.3 is 39.2 Å². The highest BCUT2D eigenvalue weighted by molar-refractivity contribution is 6.04. The van der Waals surface area contributed by atoms with Gasteiger partial charge in [-0.2, -0.15) is 4.98 Å². The summed E-state index contributed by atoms with van der Waals surface area (Å²) in [5, 5.41) is 26.6. The SMILES string of the molecule is COCCO[C@]1(OC)[C@@](O)(OC)[C@@H](CO)O[C@]1(n1cc(C)c(NC(=O)c2ccccc2)nc1=O)C(c1ccccc1)(c1ccccc1)c1ccccc1. The molecule has 53 heavy (non-hydrogen) atoms. The van der Waals surface area contributed by atoms with Crippen molar-refractivity contribution in [2.45, 2.75) is 35.7 Å². The van der Waals surface area contributed by atoms with E-state index in [1.54, 1.807) is 37.3 Å². The third kappa shape index (κ3) is 5.89. The molecule has 6 rings (SSSR count). The van der Waals surface area contributed by atoms with Crippen LogP contribution in [0.1, 0.15) is 32.6 Å². The van der Waals surface area contributed by atoms with Gasteiger partial charge in [0.25, 0.3) is 17.5 Å². The Morgan fingerprint density at radius 3 is 1.79 bits per heavy atom. The number of ether oxygens (including phenoxy) is 5. The van der Waals surface area contributed by atoms with Gasteiger partial charge in [-0.1, -0.05) is 109 Å². The van der Waals surface area contributed by atoms with Crippen molar-refractivity contribution >= 4 is 11.7 Å². The number of hydrogen-bond acceptors (Lipinski definition) is 10. The number of amides is 1. The number of benzene rings is 4. The van der Waals surface area contributed by atoms with Crippen molar-refractivity contribution in [3.05, 3.63) is 166 Å². The summed E-state index contributed by atoms with van der Waals surface area (Å²) in [5.74, 6) is -5.53. The predicted octanol–water partition coefficient (Wildman–Crippen LogP) is 4.22.